The molecule has 0 atom stereocenters. The van der Waals surface area contributed by atoms with Crippen LogP contribution in [0.15, 0.2) is 82.1 Å². The monoisotopic (exact) mass is 433 g/mol. The van der Waals surface area contributed by atoms with E-state index in [1.54, 1.807) is 36.4 Å². The average Bonchev–Trinajstić information content (AvgIpc) is 3.20. The van der Waals surface area contributed by atoms with Gasteiger partial charge in [-0.25, -0.2) is 13.8 Å². The summed E-state index contributed by atoms with van der Waals surface area (Å²) >= 11 is 7.48. The first-order chi connectivity index (χ1) is 13.5. The lowest BCUT2D eigenvalue weighted by molar-refractivity contribution is -0.119. The number of nitrogens with zero attached hydrogens (tertiary/aromatic N) is 2. The second-order valence-corrected chi connectivity index (χ2v) is 8.89. The van der Waals surface area contributed by atoms with Crippen LogP contribution >= 0.6 is 22.9 Å². The average molecular weight is 434 g/mol. The van der Waals surface area contributed by atoms with Crippen LogP contribution in [-0.4, -0.2) is 27.1 Å². The second kappa shape index (κ2) is 9.01. The van der Waals surface area contributed by atoms with Crippen LogP contribution in [0.2, 0.25) is 5.02 Å². The normalized spacial score (nSPS) is 11.5. The lowest BCUT2D eigenvalue weighted by atomic mass is 10.3. The maximum atomic E-state index is 13.1. The van der Waals surface area contributed by atoms with E-state index in [4.69, 9.17) is 11.6 Å². The van der Waals surface area contributed by atoms with Crippen molar-refractivity contribution >= 4 is 50.8 Å². The molecule has 1 aromatic heterocycles. The van der Waals surface area contributed by atoms with Gasteiger partial charge < -0.3 is 0 Å². The predicted molar refractivity (Wildman–Crippen MR) is 112 cm³/mol. The number of halogens is 1. The molecule has 0 bridgehead atoms. The van der Waals surface area contributed by atoms with Crippen LogP contribution in [0.1, 0.15) is 4.88 Å². The van der Waals surface area contributed by atoms with Crippen molar-refractivity contribution in [3.8, 4) is 0 Å². The summed E-state index contributed by atoms with van der Waals surface area (Å²) in [5.74, 6) is -0.577. The zero-order valence-corrected chi connectivity index (χ0v) is 16.9. The SMILES string of the molecule is O=C(CN(c1cccc(Cl)c1)S(=O)(=O)c1ccccc1)N/N=C\c1cccs1. The fraction of sp³-hybridized carbons (Fsp3) is 0.0526. The van der Waals surface area contributed by atoms with Gasteiger partial charge in [0.1, 0.15) is 6.54 Å². The topological polar surface area (TPSA) is 78.8 Å². The van der Waals surface area contributed by atoms with E-state index in [9.17, 15) is 13.2 Å². The van der Waals surface area contributed by atoms with E-state index >= 15 is 0 Å². The van der Waals surface area contributed by atoms with Crippen molar-refractivity contribution in [1.82, 2.24) is 5.43 Å². The summed E-state index contributed by atoms with van der Waals surface area (Å²) in [6.07, 6.45) is 1.50. The number of hydrazone groups is 1. The zero-order chi connectivity index (χ0) is 20.0. The summed E-state index contributed by atoms with van der Waals surface area (Å²) in [6.45, 7) is -0.445. The summed E-state index contributed by atoms with van der Waals surface area (Å²) in [5, 5.41) is 6.12. The molecule has 2 aromatic carbocycles. The van der Waals surface area contributed by atoms with Gasteiger partial charge in [-0.05, 0) is 41.8 Å². The molecular formula is C19H16ClN3O3S2. The Morgan fingerprint density at radius 2 is 1.89 bits per heavy atom. The number of anilines is 1. The molecule has 0 aliphatic heterocycles. The number of hydrogen-bond donors (Lipinski definition) is 1. The Labute approximate surface area is 172 Å². The van der Waals surface area contributed by atoms with E-state index in [0.29, 0.717) is 5.02 Å². The van der Waals surface area contributed by atoms with Gasteiger partial charge >= 0.3 is 0 Å². The lowest BCUT2D eigenvalue weighted by Crippen LogP contribution is -2.39. The molecule has 0 aliphatic rings. The van der Waals surface area contributed by atoms with Crippen molar-refractivity contribution in [3.05, 3.63) is 82.0 Å². The number of sulfonamides is 1. The van der Waals surface area contributed by atoms with Crippen molar-refractivity contribution in [1.29, 1.82) is 0 Å². The lowest BCUT2D eigenvalue weighted by Gasteiger charge is -2.23. The highest BCUT2D eigenvalue weighted by Crippen LogP contribution is 2.25. The number of carbonyl (C=O) groups excluding carboxylic acids is 1. The molecule has 28 heavy (non-hydrogen) atoms. The molecule has 0 fully saturated rings. The van der Waals surface area contributed by atoms with E-state index in [1.165, 1.54) is 35.8 Å². The van der Waals surface area contributed by atoms with Gasteiger partial charge in [-0.2, -0.15) is 5.10 Å². The number of rotatable bonds is 7. The first kappa shape index (κ1) is 20.1. The fourth-order valence-corrected chi connectivity index (χ4v) is 4.57. The van der Waals surface area contributed by atoms with Crippen LogP contribution in [0.4, 0.5) is 5.69 Å². The standard InChI is InChI=1S/C19H16ClN3O3S2/c20-15-6-4-7-16(12-15)23(28(25,26)18-9-2-1-3-10-18)14-19(24)22-21-13-17-8-5-11-27-17/h1-13H,14H2,(H,22,24)/b21-13-. The Hall–Kier alpha value is -2.68. The first-order valence-corrected chi connectivity index (χ1v) is 10.9. The third-order valence-corrected chi connectivity index (χ3v) is 6.47. The van der Waals surface area contributed by atoms with E-state index in [2.05, 4.69) is 10.5 Å². The van der Waals surface area contributed by atoms with E-state index < -0.39 is 22.5 Å². The van der Waals surface area contributed by atoms with E-state index in [0.717, 1.165) is 9.18 Å². The number of hydrogen-bond acceptors (Lipinski definition) is 5. The molecular weight excluding hydrogens is 418 g/mol. The Morgan fingerprint density at radius 1 is 1.11 bits per heavy atom. The fourth-order valence-electron chi connectivity index (χ4n) is 2.36. The first-order valence-electron chi connectivity index (χ1n) is 8.15. The highest BCUT2D eigenvalue weighted by atomic mass is 35.5. The molecule has 3 aromatic rings. The Balaban J connectivity index is 1.85. The molecule has 6 nitrogen and oxygen atoms in total. The molecule has 0 saturated heterocycles. The third kappa shape index (κ3) is 4.98. The quantitative estimate of drug-likeness (QED) is 0.455. The molecule has 144 valence electrons. The minimum absolute atomic E-state index is 0.0739. The molecule has 0 aliphatic carbocycles. The van der Waals surface area contributed by atoms with E-state index in [-0.39, 0.29) is 10.6 Å². The molecule has 9 heteroatoms. The van der Waals surface area contributed by atoms with Gasteiger partial charge in [0.25, 0.3) is 15.9 Å². The van der Waals surface area contributed by atoms with Crippen LogP contribution in [0.3, 0.4) is 0 Å². The van der Waals surface area contributed by atoms with Crippen LogP contribution in [-0.2, 0) is 14.8 Å². The maximum absolute atomic E-state index is 13.1. The van der Waals surface area contributed by atoms with Crippen LogP contribution in [0, 0.1) is 0 Å². The van der Waals surface area contributed by atoms with E-state index in [1.807, 2.05) is 17.5 Å². The van der Waals surface area contributed by atoms with Gasteiger partial charge in [-0.3, -0.25) is 9.10 Å². The van der Waals surface area contributed by atoms with Crippen molar-refractivity contribution in [2.75, 3.05) is 10.8 Å². The van der Waals surface area contributed by atoms with Crippen molar-refractivity contribution in [3.63, 3.8) is 0 Å². The van der Waals surface area contributed by atoms with Gasteiger partial charge in [0.15, 0.2) is 0 Å². The maximum Gasteiger partial charge on any atom is 0.264 e. The highest BCUT2D eigenvalue weighted by Gasteiger charge is 2.27. The molecule has 1 amide bonds. The molecule has 0 radical (unpaired) electrons. The summed E-state index contributed by atoms with van der Waals surface area (Å²) in [7, 11) is -3.97. The number of nitrogens with one attached hydrogen (secondary N) is 1. The van der Waals surface area contributed by atoms with Gasteiger partial charge in [-0.15, -0.1) is 11.3 Å². The molecule has 1 N–H and O–H groups in total. The summed E-state index contributed by atoms with van der Waals surface area (Å²) < 4.78 is 27.2. The minimum atomic E-state index is -3.97. The zero-order valence-electron chi connectivity index (χ0n) is 14.5. The molecule has 0 saturated carbocycles. The van der Waals surface area contributed by atoms with Gasteiger partial charge in [0, 0.05) is 9.90 Å². The van der Waals surface area contributed by atoms with Gasteiger partial charge in [0.2, 0.25) is 0 Å². The molecule has 0 spiro atoms. The highest BCUT2D eigenvalue weighted by molar-refractivity contribution is 7.92. The smallest absolute Gasteiger partial charge is 0.264 e. The third-order valence-electron chi connectivity index (χ3n) is 3.64. The van der Waals surface area contributed by atoms with Crippen molar-refractivity contribution < 1.29 is 13.2 Å². The van der Waals surface area contributed by atoms with Crippen molar-refractivity contribution in [2.24, 2.45) is 5.10 Å². The second-order valence-electron chi connectivity index (χ2n) is 5.61. The Morgan fingerprint density at radius 3 is 2.57 bits per heavy atom. The number of benzene rings is 2. The van der Waals surface area contributed by atoms with Gasteiger partial charge in [-0.1, -0.05) is 41.9 Å². The summed E-state index contributed by atoms with van der Waals surface area (Å²) in [4.78, 5) is 13.3. The molecule has 3 rings (SSSR count). The Bertz CT molecular complexity index is 1070. The van der Waals surface area contributed by atoms with Crippen LogP contribution in [0.25, 0.3) is 0 Å². The predicted octanol–water partition coefficient (Wildman–Crippen LogP) is 3.75. The minimum Gasteiger partial charge on any atom is -0.271 e. The number of thiophene rings is 1. The number of amides is 1. The number of carbonyl (C=O) groups is 1. The molecule has 0 unspecified atom stereocenters. The van der Waals surface area contributed by atoms with Crippen LogP contribution < -0.4 is 9.73 Å². The summed E-state index contributed by atoms with van der Waals surface area (Å²) in [5.41, 5.74) is 2.64. The van der Waals surface area contributed by atoms with Crippen molar-refractivity contribution in [2.45, 2.75) is 4.90 Å². The van der Waals surface area contributed by atoms with Gasteiger partial charge in [0.05, 0.1) is 16.8 Å². The molecule has 1 heterocycles. The Kier molecular flexibility index (Phi) is 6.45. The largest absolute Gasteiger partial charge is 0.271 e. The summed E-state index contributed by atoms with van der Waals surface area (Å²) in [6, 6.07) is 17.9. The van der Waals surface area contributed by atoms with Crippen LogP contribution in [0.5, 0.6) is 0 Å².